The van der Waals surface area contributed by atoms with Crippen molar-refractivity contribution in [3.05, 3.63) is 81.8 Å². The second kappa shape index (κ2) is 9.57. The quantitative estimate of drug-likeness (QED) is 0.277. The largest absolute Gasteiger partial charge is 0.493 e. The SMILES string of the molecule is Cc1ccc(Cl)cc1N(CC(=O)N=Nc1c(O)[nH]c2ccc(Br)cc12)S(=O)(=O)c1ccccc1. The lowest BCUT2D eigenvalue weighted by Gasteiger charge is -2.24. The van der Waals surface area contributed by atoms with Gasteiger partial charge in [-0.2, -0.15) is 0 Å². The minimum Gasteiger partial charge on any atom is -0.493 e. The van der Waals surface area contributed by atoms with Gasteiger partial charge in [-0.05, 0) is 55.0 Å². The number of carbonyl (C=O) groups is 1. The van der Waals surface area contributed by atoms with Crippen LogP contribution in [-0.4, -0.2) is 31.0 Å². The number of hydrogen-bond donors (Lipinski definition) is 2. The number of fused-ring (bicyclic) bond motifs is 1. The number of rotatable bonds is 6. The molecule has 0 fully saturated rings. The number of halogens is 2. The number of carbonyl (C=O) groups excluding carboxylic acids is 1. The van der Waals surface area contributed by atoms with E-state index in [2.05, 4.69) is 31.1 Å². The first-order valence-corrected chi connectivity index (χ1v) is 12.6. The van der Waals surface area contributed by atoms with Crippen molar-refractivity contribution in [1.82, 2.24) is 4.98 Å². The molecule has 4 aromatic rings. The normalized spacial score (nSPS) is 11.9. The number of nitrogens with zero attached hydrogens (tertiary/aromatic N) is 3. The summed E-state index contributed by atoms with van der Waals surface area (Å²) in [7, 11) is -4.12. The Morgan fingerprint density at radius 1 is 1.12 bits per heavy atom. The molecule has 2 N–H and O–H groups in total. The van der Waals surface area contributed by atoms with Gasteiger partial charge in [0.15, 0.2) is 5.69 Å². The summed E-state index contributed by atoms with van der Waals surface area (Å²) in [6.07, 6.45) is 0. The van der Waals surface area contributed by atoms with E-state index < -0.39 is 22.5 Å². The van der Waals surface area contributed by atoms with E-state index >= 15 is 0 Å². The molecule has 0 saturated carbocycles. The third kappa shape index (κ3) is 4.84. The van der Waals surface area contributed by atoms with Gasteiger partial charge in [0.05, 0.1) is 16.1 Å². The minimum absolute atomic E-state index is 0.0123. The van der Waals surface area contributed by atoms with Crippen LogP contribution in [0.15, 0.2) is 86.3 Å². The number of H-pyrrole nitrogens is 1. The second-order valence-corrected chi connectivity index (χ2v) is 10.6. The van der Waals surface area contributed by atoms with Gasteiger partial charge >= 0.3 is 0 Å². The van der Waals surface area contributed by atoms with Crippen molar-refractivity contribution in [2.75, 3.05) is 10.8 Å². The fraction of sp³-hybridized carbons (Fsp3) is 0.0870. The first-order valence-electron chi connectivity index (χ1n) is 9.95. The van der Waals surface area contributed by atoms with Crippen molar-refractivity contribution in [3.63, 3.8) is 0 Å². The first kappa shape index (κ1) is 23.9. The number of amides is 1. The average molecular weight is 562 g/mol. The van der Waals surface area contributed by atoms with Crippen molar-refractivity contribution in [1.29, 1.82) is 0 Å². The molecule has 1 amide bonds. The van der Waals surface area contributed by atoms with E-state index in [4.69, 9.17) is 11.6 Å². The summed E-state index contributed by atoms with van der Waals surface area (Å²) < 4.78 is 28.6. The maximum absolute atomic E-state index is 13.4. The van der Waals surface area contributed by atoms with Crippen LogP contribution in [0.4, 0.5) is 11.4 Å². The van der Waals surface area contributed by atoms with Gasteiger partial charge in [0.25, 0.3) is 15.9 Å². The molecule has 1 heterocycles. The van der Waals surface area contributed by atoms with Crippen molar-refractivity contribution in [2.45, 2.75) is 11.8 Å². The van der Waals surface area contributed by atoms with Crippen molar-refractivity contribution < 1.29 is 18.3 Å². The van der Waals surface area contributed by atoms with Crippen LogP contribution in [0.25, 0.3) is 10.9 Å². The Hall–Kier alpha value is -3.21. The zero-order chi connectivity index (χ0) is 24.5. The van der Waals surface area contributed by atoms with Crippen LogP contribution in [0.5, 0.6) is 5.88 Å². The molecule has 11 heteroatoms. The van der Waals surface area contributed by atoms with Gasteiger partial charge in [-0.15, -0.1) is 10.2 Å². The lowest BCUT2D eigenvalue weighted by molar-refractivity contribution is -0.116. The van der Waals surface area contributed by atoms with E-state index in [1.54, 1.807) is 55.5 Å². The number of sulfonamides is 1. The van der Waals surface area contributed by atoms with Crippen molar-refractivity contribution >= 4 is 65.7 Å². The number of hydrogen-bond acceptors (Lipinski definition) is 5. The molecule has 0 aliphatic carbocycles. The third-order valence-electron chi connectivity index (χ3n) is 5.03. The van der Waals surface area contributed by atoms with Gasteiger partial charge in [-0.3, -0.25) is 9.10 Å². The predicted octanol–water partition coefficient (Wildman–Crippen LogP) is 6.10. The molecule has 3 aromatic carbocycles. The second-order valence-electron chi connectivity index (χ2n) is 7.36. The summed E-state index contributed by atoms with van der Waals surface area (Å²) in [5.41, 5.74) is 1.53. The molecule has 0 saturated heterocycles. The van der Waals surface area contributed by atoms with E-state index in [1.165, 1.54) is 18.2 Å². The van der Waals surface area contributed by atoms with Gasteiger partial charge in [0.1, 0.15) is 6.54 Å². The molecule has 0 aliphatic heterocycles. The van der Waals surface area contributed by atoms with Gasteiger partial charge < -0.3 is 10.1 Å². The third-order valence-corrected chi connectivity index (χ3v) is 7.53. The number of aromatic amines is 1. The molecule has 4 rings (SSSR count). The Balaban J connectivity index is 1.71. The molecular weight excluding hydrogens is 544 g/mol. The van der Waals surface area contributed by atoms with E-state index in [0.29, 0.717) is 21.5 Å². The van der Waals surface area contributed by atoms with Gasteiger partial charge in [0.2, 0.25) is 5.88 Å². The number of benzene rings is 3. The zero-order valence-corrected chi connectivity index (χ0v) is 20.9. The zero-order valence-electron chi connectivity index (χ0n) is 17.7. The Morgan fingerprint density at radius 2 is 1.85 bits per heavy atom. The van der Waals surface area contributed by atoms with Gasteiger partial charge in [0, 0.05) is 14.9 Å². The van der Waals surface area contributed by atoms with Gasteiger partial charge in [-0.25, -0.2) is 8.42 Å². The molecule has 174 valence electrons. The maximum Gasteiger partial charge on any atom is 0.285 e. The topological polar surface area (TPSA) is 115 Å². The highest BCUT2D eigenvalue weighted by molar-refractivity contribution is 9.10. The smallest absolute Gasteiger partial charge is 0.285 e. The molecule has 0 aliphatic rings. The summed E-state index contributed by atoms with van der Waals surface area (Å²) in [6.45, 7) is 1.10. The summed E-state index contributed by atoms with van der Waals surface area (Å²) in [5.74, 6) is -1.09. The Labute approximate surface area is 209 Å². The van der Waals surface area contributed by atoms with Gasteiger partial charge in [-0.1, -0.05) is 51.8 Å². The van der Waals surface area contributed by atoms with Crippen LogP contribution in [0, 0.1) is 6.92 Å². The van der Waals surface area contributed by atoms with E-state index in [9.17, 15) is 18.3 Å². The molecule has 8 nitrogen and oxygen atoms in total. The maximum atomic E-state index is 13.4. The Bertz CT molecular complexity index is 1520. The average Bonchev–Trinajstić information content (AvgIpc) is 3.12. The Kier molecular flexibility index (Phi) is 6.74. The van der Waals surface area contributed by atoms with Crippen LogP contribution < -0.4 is 4.31 Å². The fourth-order valence-corrected chi connectivity index (χ4v) is 5.39. The van der Waals surface area contributed by atoms with E-state index in [1.807, 2.05) is 0 Å². The molecule has 0 spiro atoms. The van der Waals surface area contributed by atoms with Crippen molar-refractivity contribution in [2.24, 2.45) is 10.2 Å². The summed E-state index contributed by atoms with van der Waals surface area (Å²) >= 11 is 9.48. The number of aromatic hydroxyl groups is 1. The monoisotopic (exact) mass is 560 g/mol. The van der Waals surface area contributed by atoms with E-state index in [0.717, 1.165) is 8.78 Å². The highest BCUT2D eigenvalue weighted by atomic mass is 79.9. The summed E-state index contributed by atoms with van der Waals surface area (Å²) in [4.78, 5) is 15.6. The van der Waals surface area contributed by atoms with Crippen LogP contribution in [0.1, 0.15) is 5.56 Å². The summed E-state index contributed by atoms with van der Waals surface area (Å²) in [5, 5.41) is 18.6. The van der Waals surface area contributed by atoms with Crippen LogP contribution in [-0.2, 0) is 14.8 Å². The lowest BCUT2D eigenvalue weighted by Crippen LogP contribution is -2.35. The molecule has 0 bridgehead atoms. The standard InChI is InChI=1S/C23H18BrClN4O4S/c1-14-7-9-16(25)12-20(14)29(34(32,33)17-5-3-2-4-6-17)13-21(30)27-28-22-18-11-15(24)8-10-19(18)26-23(22)31/h2-12,26,31H,13H2,1H3. The molecule has 0 atom stereocenters. The highest BCUT2D eigenvalue weighted by Gasteiger charge is 2.28. The predicted molar refractivity (Wildman–Crippen MR) is 134 cm³/mol. The molecular formula is C23H18BrClN4O4S. The van der Waals surface area contributed by atoms with Crippen LogP contribution in [0.2, 0.25) is 5.02 Å². The summed E-state index contributed by atoms with van der Waals surface area (Å²) in [6, 6.07) is 17.8. The Morgan fingerprint density at radius 3 is 2.59 bits per heavy atom. The molecule has 0 unspecified atom stereocenters. The number of anilines is 1. The number of azo groups is 1. The number of aryl methyl sites for hydroxylation is 1. The lowest BCUT2D eigenvalue weighted by atomic mass is 10.2. The minimum atomic E-state index is -4.12. The number of aromatic nitrogens is 1. The highest BCUT2D eigenvalue weighted by Crippen LogP contribution is 2.37. The molecule has 1 aromatic heterocycles. The van der Waals surface area contributed by atoms with E-state index in [-0.39, 0.29) is 22.2 Å². The van der Waals surface area contributed by atoms with Crippen LogP contribution in [0.3, 0.4) is 0 Å². The van der Waals surface area contributed by atoms with Crippen LogP contribution >= 0.6 is 27.5 Å². The fourth-order valence-electron chi connectivity index (χ4n) is 3.37. The first-order chi connectivity index (χ1) is 16.2. The van der Waals surface area contributed by atoms with Crippen molar-refractivity contribution in [3.8, 4) is 5.88 Å². The molecule has 0 radical (unpaired) electrons. The molecule has 34 heavy (non-hydrogen) atoms. The number of nitrogens with one attached hydrogen (secondary N) is 1.